The number of aromatic nitrogens is 2. The first-order chi connectivity index (χ1) is 12.8. The van der Waals surface area contributed by atoms with Gasteiger partial charge in [-0.3, -0.25) is 14.3 Å². The van der Waals surface area contributed by atoms with Gasteiger partial charge >= 0.3 is 0 Å². The molecule has 1 aromatic carbocycles. The van der Waals surface area contributed by atoms with Gasteiger partial charge < -0.3 is 10.6 Å². The van der Waals surface area contributed by atoms with Crippen LogP contribution in [-0.4, -0.2) is 34.2 Å². The third-order valence-corrected chi connectivity index (χ3v) is 4.50. The number of benzene rings is 1. The third kappa shape index (κ3) is 5.94. The molecule has 2 N–H and O–H groups in total. The van der Waals surface area contributed by atoms with Gasteiger partial charge in [-0.15, -0.1) is 0 Å². The predicted molar refractivity (Wildman–Crippen MR) is 107 cm³/mol. The largest absolute Gasteiger partial charge is 0.354 e. The number of carbonyl (C=O) groups excluding carboxylic acids is 2. The van der Waals surface area contributed by atoms with E-state index < -0.39 is 6.04 Å². The van der Waals surface area contributed by atoms with Crippen LogP contribution in [0.5, 0.6) is 0 Å². The van der Waals surface area contributed by atoms with Crippen molar-refractivity contribution in [1.29, 1.82) is 0 Å². The summed E-state index contributed by atoms with van der Waals surface area (Å²) in [4.78, 5) is 25.0. The summed E-state index contributed by atoms with van der Waals surface area (Å²) in [7, 11) is 0. The first-order valence-corrected chi connectivity index (χ1v) is 9.44. The zero-order valence-electron chi connectivity index (χ0n) is 16.9. The van der Waals surface area contributed by atoms with Crippen molar-refractivity contribution in [3.8, 4) is 0 Å². The van der Waals surface area contributed by atoms with Crippen molar-refractivity contribution < 1.29 is 9.59 Å². The van der Waals surface area contributed by atoms with Crippen molar-refractivity contribution >= 4 is 11.8 Å². The van der Waals surface area contributed by atoms with Crippen molar-refractivity contribution in [2.45, 2.75) is 53.6 Å². The summed E-state index contributed by atoms with van der Waals surface area (Å²) in [5.74, 6) is -0.388. The number of nitrogens with one attached hydrogen (secondary N) is 2. The van der Waals surface area contributed by atoms with E-state index in [0.29, 0.717) is 12.1 Å². The summed E-state index contributed by atoms with van der Waals surface area (Å²) in [6.07, 6.45) is 0.782. The quantitative estimate of drug-likeness (QED) is 0.702. The third-order valence-electron chi connectivity index (χ3n) is 4.50. The molecule has 2 rings (SSSR count). The lowest BCUT2D eigenvalue weighted by molar-refractivity contribution is -0.123. The SMILES string of the molecule is Cc1ccc(C(=O)N[C@H](C(=O)NCCCn2nc(C)cc2C)C(C)C)cc1. The summed E-state index contributed by atoms with van der Waals surface area (Å²) in [6, 6.07) is 8.79. The Kier molecular flexibility index (Phi) is 7.16. The number of rotatable bonds is 8. The van der Waals surface area contributed by atoms with Gasteiger partial charge in [0.2, 0.25) is 5.91 Å². The first-order valence-electron chi connectivity index (χ1n) is 9.44. The Balaban J connectivity index is 1.85. The second kappa shape index (κ2) is 9.35. The highest BCUT2D eigenvalue weighted by Gasteiger charge is 2.24. The summed E-state index contributed by atoms with van der Waals surface area (Å²) >= 11 is 0. The van der Waals surface area contributed by atoms with E-state index in [-0.39, 0.29) is 17.7 Å². The number of hydrogen-bond acceptors (Lipinski definition) is 3. The number of amides is 2. The van der Waals surface area contributed by atoms with E-state index >= 15 is 0 Å². The molecule has 0 aliphatic heterocycles. The molecule has 146 valence electrons. The zero-order valence-corrected chi connectivity index (χ0v) is 16.9. The van der Waals surface area contributed by atoms with Crippen LogP contribution in [0.4, 0.5) is 0 Å². The minimum absolute atomic E-state index is 0.00425. The molecule has 6 nitrogen and oxygen atoms in total. The van der Waals surface area contributed by atoms with E-state index in [1.54, 1.807) is 12.1 Å². The highest BCUT2D eigenvalue weighted by molar-refractivity contribution is 5.97. The number of nitrogens with zero attached hydrogens (tertiary/aromatic N) is 2. The topological polar surface area (TPSA) is 76.0 Å². The van der Waals surface area contributed by atoms with Crippen molar-refractivity contribution in [2.24, 2.45) is 5.92 Å². The summed E-state index contributed by atoms with van der Waals surface area (Å²) < 4.78 is 1.95. The molecule has 0 aliphatic carbocycles. The summed E-state index contributed by atoms with van der Waals surface area (Å²) in [5, 5.41) is 10.2. The highest BCUT2D eigenvalue weighted by Crippen LogP contribution is 2.07. The average molecular weight is 370 g/mol. The van der Waals surface area contributed by atoms with Crippen LogP contribution in [0, 0.1) is 26.7 Å². The maximum Gasteiger partial charge on any atom is 0.251 e. The molecule has 2 amide bonds. The maximum absolute atomic E-state index is 12.5. The molecule has 0 radical (unpaired) electrons. The molecule has 0 spiro atoms. The normalized spacial score (nSPS) is 12.1. The lowest BCUT2D eigenvalue weighted by Crippen LogP contribution is -2.50. The number of carbonyl (C=O) groups is 2. The minimum Gasteiger partial charge on any atom is -0.354 e. The number of aryl methyl sites for hydroxylation is 4. The molecule has 0 saturated carbocycles. The van der Waals surface area contributed by atoms with Crippen LogP contribution < -0.4 is 10.6 Å². The molecule has 0 aliphatic rings. The van der Waals surface area contributed by atoms with Gasteiger partial charge in [-0.05, 0) is 51.3 Å². The van der Waals surface area contributed by atoms with Crippen LogP contribution in [0.25, 0.3) is 0 Å². The predicted octanol–water partition coefficient (Wildman–Crippen LogP) is 2.77. The fourth-order valence-electron chi connectivity index (χ4n) is 2.92. The van der Waals surface area contributed by atoms with E-state index in [0.717, 1.165) is 29.9 Å². The minimum atomic E-state index is -0.563. The van der Waals surface area contributed by atoms with Crippen LogP contribution in [0.2, 0.25) is 0 Å². The standard InChI is InChI=1S/C21H30N4O2/c1-14(2)19(23-20(26)18-9-7-15(3)8-10-18)21(27)22-11-6-12-25-17(5)13-16(4)24-25/h7-10,13-14,19H,6,11-12H2,1-5H3,(H,22,27)(H,23,26)/t19-/m0/s1. The van der Waals surface area contributed by atoms with Crippen LogP contribution in [0.3, 0.4) is 0 Å². The van der Waals surface area contributed by atoms with Gasteiger partial charge in [0, 0.05) is 24.3 Å². The van der Waals surface area contributed by atoms with Gasteiger partial charge in [0.1, 0.15) is 6.04 Å². The molecule has 2 aromatic rings. The van der Waals surface area contributed by atoms with Crippen LogP contribution in [-0.2, 0) is 11.3 Å². The highest BCUT2D eigenvalue weighted by atomic mass is 16.2. The van der Waals surface area contributed by atoms with Gasteiger partial charge in [0.25, 0.3) is 5.91 Å². The Labute approximate surface area is 161 Å². The molecule has 1 atom stereocenters. The van der Waals surface area contributed by atoms with E-state index in [9.17, 15) is 9.59 Å². The molecule has 27 heavy (non-hydrogen) atoms. The number of hydrogen-bond donors (Lipinski definition) is 2. The van der Waals surface area contributed by atoms with Crippen LogP contribution in [0.15, 0.2) is 30.3 Å². The summed E-state index contributed by atoms with van der Waals surface area (Å²) in [5.41, 5.74) is 3.76. The lowest BCUT2D eigenvalue weighted by Gasteiger charge is -2.22. The van der Waals surface area contributed by atoms with E-state index in [1.807, 2.05) is 57.5 Å². The van der Waals surface area contributed by atoms with Gasteiger partial charge in [-0.25, -0.2) is 0 Å². The first kappa shape index (κ1) is 20.7. The molecule has 0 bridgehead atoms. The molecular weight excluding hydrogens is 340 g/mol. The Morgan fingerprint density at radius 1 is 1.11 bits per heavy atom. The Hall–Kier alpha value is -2.63. The molecule has 1 aromatic heterocycles. The fraction of sp³-hybridized carbons (Fsp3) is 0.476. The second-order valence-electron chi connectivity index (χ2n) is 7.36. The summed E-state index contributed by atoms with van der Waals surface area (Å²) in [6.45, 7) is 11.1. The van der Waals surface area contributed by atoms with Crippen molar-refractivity contribution in [3.63, 3.8) is 0 Å². The zero-order chi connectivity index (χ0) is 20.0. The second-order valence-corrected chi connectivity index (χ2v) is 7.36. The van der Waals surface area contributed by atoms with Crippen LogP contribution >= 0.6 is 0 Å². The van der Waals surface area contributed by atoms with E-state index in [1.165, 1.54) is 0 Å². The molecule has 0 fully saturated rings. The van der Waals surface area contributed by atoms with Crippen LogP contribution in [0.1, 0.15) is 47.6 Å². The lowest BCUT2D eigenvalue weighted by atomic mass is 10.0. The van der Waals surface area contributed by atoms with Gasteiger partial charge in [0.05, 0.1) is 5.69 Å². The van der Waals surface area contributed by atoms with Gasteiger partial charge in [0.15, 0.2) is 0 Å². The molecular formula is C21H30N4O2. The van der Waals surface area contributed by atoms with Crippen molar-refractivity contribution in [3.05, 3.63) is 52.8 Å². The fourth-order valence-corrected chi connectivity index (χ4v) is 2.92. The average Bonchev–Trinajstić information content (AvgIpc) is 2.93. The monoisotopic (exact) mass is 370 g/mol. The smallest absolute Gasteiger partial charge is 0.251 e. The van der Waals surface area contributed by atoms with Crippen molar-refractivity contribution in [1.82, 2.24) is 20.4 Å². The van der Waals surface area contributed by atoms with E-state index in [2.05, 4.69) is 15.7 Å². The molecule has 0 unspecified atom stereocenters. The molecule has 6 heteroatoms. The Morgan fingerprint density at radius 3 is 2.33 bits per heavy atom. The Bertz CT molecular complexity index is 778. The Morgan fingerprint density at radius 2 is 1.78 bits per heavy atom. The maximum atomic E-state index is 12.5. The van der Waals surface area contributed by atoms with Gasteiger partial charge in [-0.2, -0.15) is 5.10 Å². The van der Waals surface area contributed by atoms with E-state index in [4.69, 9.17) is 0 Å². The molecule has 0 saturated heterocycles. The molecule has 1 heterocycles. The van der Waals surface area contributed by atoms with Gasteiger partial charge in [-0.1, -0.05) is 31.5 Å². The van der Waals surface area contributed by atoms with Crippen molar-refractivity contribution in [2.75, 3.05) is 6.54 Å².